The fraction of sp³-hybridized carbons (Fsp3) is 0.583. The molecule has 1 N–H and O–H groups in total. The lowest BCUT2D eigenvalue weighted by atomic mass is 10.2. The standard InChI is InChI=1S/C12H17N3OS/c1-8-11(9(2)16)17-12(14-8)15-10-6-4-3-5-7-13-10/h3-7H2,1-2H3,(H,13,14,15). The number of carbonyl (C=O) groups excluding carboxylic acids is 1. The quantitative estimate of drug-likeness (QED) is 0.822. The summed E-state index contributed by atoms with van der Waals surface area (Å²) in [6.45, 7) is 4.34. The fourth-order valence-electron chi connectivity index (χ4n) is 1.88. The minimum absolute atomic E-state index is 0.0795. The van der Waals surface area contributed by atoms with Crippen molar-refractivity contribution in [1.82, 2.24) is 4.98 Å². The highest BCUT2D eigenvalue weighted by Gasteiger charge is 2.13. The first kappa shape index (κ1) is 12.2. The van der Waals surface area contributed by atoms with Gasteiger partial charge in [0.2, 0.25) is 0 Å². The number of hydrogen-bond acceptors (Lipinski definition) is 5. The summed E-state index contributed by atoms with van der Waals surface area (Å²) in [5.74, 6) is 1.09. The zero-order valence-corrected chi connectivity index (χ0v) is 11.1. The Morgan fingerprint density at radius 2 is 2.18 bits per heavy atom. The van der Waals surface area contributed by atoms with Crippen LogP contribution in [0.2, 0.25) is 0 Å². The third-order valence-corrected chi connectivity index (χ3v) is 3.92. The number of nitrogens with zero attached hydrogens (tertiary/aromatic N) is 2. The van der Waals surface area contributed by atoms with E-state index in [4.69, 9.17) is 0 Å². The summed E-state index contributed by atoms with van der Waals surface area (Å²) < 4.78 is 0. The summed E-state index contributed by atoms with van der Waals surface area (Å²) >= 11 is 1.42. The largest absolute Gasteiger partial charge is 0.320 e. The van der Waals surface area contributed by atoms with Crippen molar-refractivity contribution in [3.63, 3.8) is 0 Å². The molecule has 2 rings (SSSR count). The summed E-state index contributed by atoms with van der Waals surface area (Å²) in [6, 6.07) is 0. The van der Waals surface area contributed by atoms with Crippen molar-refractivity contribution in [1.29, 1.82) is 0 Å². The molecule has 0 aliphatic carbocycles. The molecule has 1 aliphatic rings. The predicted molar refractivity (Wildman–Crippen MR) is 71.2 cm³/mol. The van der Waals surface area contributed by atoms with Crippen LogP contribution >= 0.6 is 11.3 Å². The number of nitrogens with one attached hydrogen (secondary N) is 1. The fourth-order valence-corrected chi connectivity index (χ4v) is 2.76. The lowest BCUT2D eigenvalue weighted by Gasteiger charge is -2.03. The van der Waals surface area contributed by atoms with E-state index in [2.05, 4.69) is 15.3 Å². The number of ketones is 1. The van der Waals surface area contributed by atoms with Crippen molar-refractivity contribution in [3.8, 4) is 0 Å². The van der Waals surface area contributed by atoms with Crippen LogP contribution in [0.1, 0.15) is 48.0 Å². The molecular weight excluding hydrogens is 234 g/mol. The number of rotatable bonds is 2. The number of hydrogen-bond donors (Lipinski definition) is 1. The number of aliphatic imine (C=N–C) groups is 1. The maximum absolute atomic E-state index is 11.3. The molecule has 0 atom stereocenters. The summed E-state index contributed by atoms with van der Waals surface area (Å²) in [7, 11) is 0. The van der Waals surface area contributed by atoms with Crippen LogP contribution in [-0.4, -0.2) is 23.1 Å². The molecule has 0 fully saturated rings. The van der Waals surface area contributed by atoms with Crippen molar-refractivity contribution < 1.29 is 4.79 Å². The van der Waals surface area contributed by atoms with E-state index in [1.54, 1.807) is 6.92 Å². The number of aromatic nitrogens is 1. The van der Waals surface area contributed by atoms with E-state index in [0.29, 0.717) is 0 Å². The van der Waals surface area contributed by atoms with Gasteiger partial charge >= 0.3 is 0 Å². The number of thiazole rings is 1. The van der Waals surface area contributed by atoms with Crippen LogP contribution < -0.4 is 5.32 Å². The van der Waals surface area contributed by atoms with Crippen LogP contribution in [0, 0.1) is 6.92 Å². The van der Waals surface area contributed by atoms with Gasteiger partial charge in [0, 0.05) is 19.9 Å². The molecule has 0 unspecified atom stereocenters. The van der Waals surface area contributed by atoms with E-state index in [1.807, 2.05) is 6.92 Å². The third kappa shape index (κ3) is 3.12. The SMILES string of the molecule is CC(=O)c1sc(NC2=NCCCCC2)nc1C. The number of aryl methyl sites for hydroxylation is 1. The average molecular weight is 251 g/mol. The molecule has 92 valence electrons. The average Bonchev–Trinajstić information content (AvgIpc) is 2.50. The van der Waals surface area contributed by atoms with Gasteiger partial charge in [-0.1, -0.05) is 17.8 Å². The highest BCUT2D eigenvalue weighted by molar-refractivity contribution is 7.17. The second kappa shape index (κ2) is 5.40. The number of amidine groups is 1. The lowest BCUT2D eigenvalue weighted by Crippen LogP contribution is -2.11. The topological polar surface area (TPSA) is 54.4 Å². The Labute approximate surface area is 105 Å². The second-order valence-corrected chi connectivity index (χ2v) is 5.25. The molecule has 1 aliphatic heterocycles. The molecule has 0 amide bonds. The van der Waals surface area contributed by atoms with Gasteiger partial charge in [-0.3, -0.25) is 9.79 Å². The molecule has 1 aromatic rings. The molecule has 2 heterocycles. The van der Waals surface area contributed by atoms with Gasteiger partial charge in [-0.15, -0.1) is 0 Å². The molecular formula is C12H17N3OS. The second-order valence-electron chi connectivity index (χ2n) is 4.25. The summed E-state index contributed by atoms with van der Waals surface area (Å²) in [4.78, 5) is 20.9. The van der Waals surface area contributed by atoms with E-state index < -0.39 is 0 Å². The Balaban J connectivity index is 2.10. The molecule has 17 heavy (non-hydrogen) atoms. The molecule has 0 aromatic carbocycles. The van der Waals surface area contributed by atoms with E-state index in [0.717, 1.165) is 34.5 Å². The molecule has 1 aromatic heterocycles. The van der Waals surface area contributed by atoms with Crippen LogP contribution in [-0.2, 0) is 0 Å². The number of Topliss-reactive ketones (excluding diaryl/α,β-unsaturated/α-hetero) is 1. The van der Waals surface area contributed by atoms with Crippen LogP contribution in [0.15, 0.2) is 4.99 Å². The Morgan fingerprint density at radius 1 is 1.35 bits per heavy atom. The molecule has 0 bridgehead atoms. The van der Waals surface area contributed by atoms with Crippen molar-refractivity contribution in [2.24, 2.45) is 4.99 Å². The highest BCUT2D eigenvalue weighted by Crippen LogP contribution is 2.23. The van der Waals surface area contributed by atoms with E-state index in [-0.39, 0.29) is 5.78 Å². The van der Waals surface area contributed by atoms with Crippen LogP contribution in [0.5, 0.6) is 0 Å². The van der Waals surface area contributed by atoms with Gasteiger partial charge in [-0.25, -0.2) is 4.98 Å². The van der Waals surface area contributed by atoms with Crippen LogP contribution in [0.4, 0.5) is 5.13 Å². The van der Waals surface area contributed by atoms with Crippen molar-refractivity contribution in [2.45, 2.75) is 39.5 Å². The monoisotopic (exact) mass is 251 g/mol. The van der Waals surface area contributed by atoms with Crippen molar-refractivity contribution in [3.05, 3.63) is 10.6 Å². The maximum atomic E-state index is 11.3. The van der Waals surface area contributed by atoms with Gasteiger partial charge in [0.25, 0.3) is 0 Å². The zero-order valence-electron chi connectivity index (χ0n) is 10.2. The molecule has 4 nitrogen and oxygen atoms in total. The van der Waals surface area contributed by atoms with Gasteiger partial charge in [-0.2, -0.15) is 0 Å². The number of anilines is 1. The molecule has 0 saturated carbocycles. The minimum atomic E-state index is 0.0795. The van der Waals surface area contributed by atoms with Crippen molar-refractivity contribution >= 4 is 28.1 Å². The first-order valence-corrected chi connectivity index (χ1v) is 6.77. The maximum Gasteiger partial charge on any atom is 0.188 e. The lowest BCUT2D eigenvalue weighted by molar-refractivity contribution is 0.102. The van der Waals surface area contributed by atoms with Gasteiger partial charge < -0.3 is 5.32 Å². The Bertz CT molecular complexity index is 451. The van der Waals surface area contributed by atoms with Gasteiger partial charge in [0.1, 0.15) is 5.84 Å². The van der Waals surface area contributed by atoms with Gasteiger partial charge in [-0.05, 0) is 19.8 Å². The minimum Gasteiger partial charge on any atom is -0.320 e. The first-order valence-electron chi connectivity index (χ1n) is 5.95. The first-order chi connectivity index (χ1) is 8.16. The molecule has 0 saturated heterocycles. The highest BCUT2D eigenvalue weighted by atomic mass is 32.1. The van der Waals surface area contributed by atoms with Crippen LogP contribution in [0.25, 0.3) is 0 Å². The van der Waals surface area contributed by atoms with Gasteiger partial charge in [0.15, 0.2) is 10.9 Å². The van der Waals surface area contributed by atoms with Crippen molar-refractivity contribution in [2.75, 3.05) is 11.9 Å². The van der Waals surface area contributed by atoms with Crippen LogP contribution in [0.3, 0.4) is 0 Å². The number of carbonyl (C=O) groups is 1. The Hall–Kier alpha value is -1.23. The molecule has 0 radical (unpaired) electrons. The van der Waals surface area contributed by atoms with E-state index >= 15 is 0 Å². The normalized spacial score (nSPS) is 16.2. The predicted octanol–water partition coefficient (Wildman–Crippen LogP) is 3.04. The Morgan fingerprint density at radius 3 is 2.88 bits per heavy atom. The summed E-state index contributed by atoms with van der Waals surface area (Å²) in [5.41, 5.74) is 0.805. The zero-order chi connectivity index (χ0) is 12.3. The summed E-state index contributed by atoms with van der Waals surface area (Å²) in [5, 5.41) is 4.03. The smallest absolute Gasteiger partial charge is 0.188 e. The molecule has 0 spiro atoms. The van der Waals surface area contributed by atoms with E-state index in [9.17, 15) is 4.79 Å². The Kier molecular flexibility index (Phi) is 3.89. The van der Waals surface area contributed by atoms with Gasteiger partial charge in [0.05, 0.1) is 10.6 Å². The van der Waals surface area contributed by atoms with E-state index in [1.165, 1.54) is 30.6 Å². The summed E-state index contributed by atoms with van der Waals surface area (Å²) in [6.07, 6.45) is 4.56. The third-order valence-electron chi connectivity index (χ3n) is 2.74. The molecule has 5 heteroatoms.